The number of halogens is 1. The quantitative estimate of drug-likeness (QED) is 0.627. The molecule has 1 heterocycles. The monoisotopic (exact) mass is 257 g/mol. The summed E-state index contributed by atoms with van der Waals surface area (Å²) in [6, 6.07) is 9.30. The molecule has 0 aliphatic carbocycles. The molecular weight excluding hydrogens is 245 g/mol. The Balaban J connectivity index is 2.44. The van der Waals surface area contributed by atoms with Crippen LogP contribution < -0.4 is 0 Å². The molecule has 0 atom stereocenters. The zero-order chi connectivity index (χ0) is 13.7. The zero-order valence-electron chi connectivity index (χ0n) is 10.3. The van der Waals surface area contributed by atoms with Gasteiger partial charge in [0.05, 0.1) is 12.7 Å². The summed E-state index contributed by atoms with van der Waals surface area (Å²) in [7, 11) is 1.32. The Morgan fingerprint density at radius 2 is 1.79 bits per heavy atom. The second-order valence-corrected chi connectivity index (χ2v) is 3.84. The average molecular weight is 257 g/mol. The molecule has 0 aliphatic rings. The van der Waals surface area contributed by atoms with Crippen LogP contribution in [0, 0.1) is 5.82 Å². The van der Waals surface area contributed by atoms with Crippen LogP contribution in [0.1, 0.15) is 11.1 Å². The fraction of sp³-hybridized carbons (Fsp3) is 0.0667. The maximum Gasteiger partial charge on any atom is 0.338 e. The number of aromatic nitrogens is 1. The van der Waals surface area contributed by atoms with Gasteiger partial charge in [-0.3, -0.25) is 4.98 Å². The molecule has 0 fully saturated rings. The van der Waals surface area contributed by atoms with Crippen LogP contribution >= 0.6 is 0 Å². The molecule has 0 spiro atoms. The van der Waals surface area contributed by atoms with Gasteiger partial charge in [-0.1, -0.05) is 12.1 Å². The average Bonchev–Trinajstić information content (AvgIpc) is 2.47. The molecule has 2 rings (SSSR count). The summed E-state index contributed by atoms with van der Waals surface area (Å²) in [5.74, 6) is -0.767. The molecule has 0 radical (unpaired) electrons. The number of hydrogen-bond donors (Lipinski definition) is 0. The van der Waals surface area contributed by atoms with Crippen molar-refractivity contribution in [2.24, 2.45) is 0 Å². The lowest BCUT2D eigenvalue weighted by Gasteiger charge is -2.05. The van der Waals surface area contributed by atoms with E-state index in [1.54, 1.807) is 42.7 Å². The Hall–Kier alpha value is -2.49. The highest BCUT2D eigenvalue weighted by Crippen LogP contribution is 2.19. The lowest BCUT2D eigenvalue weighted by molar-refractivity contribution is -0.133. The van der Waals surface area contributed by atoms with Crippen LogP contribution in [0.4, 0.5) is 4.39 Å². The van der Waals surface area contributed by atoms with Gasteiger partial charge in [-0.15, -0.1) is 0 Å². The number of pyridine rings is 1. The first-order chi connectivity index (χ1) is 9.20. The number of carbonyl (C=O) groups is 1. The lowest BCUT2D eigenvalue weighted by atomic mass is 10.0. The maximum absolute atomic E-state index is 12.9. The SMILES string of the molecule is COC(=O)C(=Cc1ccc(F)cc1)c1ccncc1. The first-order valence-corrected chi connectivity index (χ1v) is 5.66. The van der Waals surface area contributed by atoms with E-state index in [0.717, 1.165) is 5.56 Å². The van der Waals surface area contributed by atoms with Crippen molar-refractivity contribution < 1.29 is 13.9 Å². The molecule has 0 aliphatic heterocycles. The molecule has 1 aromatic carbocycles. The lowest BCUT2D eigenvalue weighted by Crippen LogP contribution is -2.03. The Kier molecular flexibility index (Phi) is 4.03. The number of rotatable bonds is 3. The molecule has 96 valence electrons. The van der Waals surface area contributed by atoms with E-state index in [2.05, 4.69) is 4.98 Å². The minimum atomic E-state index is -0.449. The number of nitrogens with zero attached hydrogens (tertiary/aromatic N) is 1. The third kappa shape index (κ3) is 3.25. The predicted molar refractivity (Wildman–Crippen MR) is 70.5 cm³/mol. The van der Waals surface area contributed by atoms with Crippen molar-refractivity contribution >= 4 is 17.6 Å². The van der Waals surface area contributed by atoms with Crippen LogP contribution in [0.5, 0.6) is 0 Å². The Bertz CT molecular complexity index is 591. The Morgan fingerprint density at radius 1 is 1.16 bits per heavy atom. The summed E-state index contributed by atoms with van der Waals surface area (Å²) in [5.41, 5.74) is 1.82. The third-order valence-electron chi connectivity index (χ3n) is 2.58. The van der Waals surface area contributed by atoms with Crippen LogP contribution in [0.15, 0.2) is 48.8 Å². The van der Waals surface area contributed by atoms with Gasteiger partial charge in [0, 0.05) is 12.4 Å². The minimum absolute atomic E-state index is 0.319. The minimum Gasteiger partial charge on any atom is -0.465 e. The Labute approximate surface area is 110 Å². The molecule has 0 saturated heterocycles. The normalized spacial score (nSPS) is 11.2. The van der Waals surface area contributed by atoms with E-state index in [4.69, 9.17) is 4.74 Å². The van der Waals surface area contributed by atoms with Crippen LogP contribution in [-0.2, 0) is 9.53 Å². The fourth-order valence-corrected chi connectivity index (χ4v) is 1.63. The van der Waals surface area contributed by atoms with Crippen LogP contribution in [0.2, 0.25) is 0 Å². The maximum atomic E-state index is 12.9. The summed E-state index contributed by atoms with van der Waals surface area (Å²) in [6.45, 7) is 0. The summed E-state index contributed by atoms with van der Waals surface area (Å²) in [4.78, 5) is 15.7. The standard InChI is InChI=1S/C15H12FNO2/c1-19-15(18)14(12-6-8-17-9-7-12)10-11-2-4-13(16)5-3-11/h2-10H,1H3. The van der Waals surface area contributed by atoms with Crippen molar-refractivity contribution in [2.75, 3.05) is 7.11 Å². The first kappa shape index (κ1) is 13.0. The van der Waals surface area contributed by atoms with Crippen LogP contribution in [-0.4, -0.2) is 18.1 Å². The number of ether oxygens (including phenoxy) is 1. The van der Waals surface area contributed by atoms with E-state index >= 15 is 0 Å². The van der Waals surface area contributed by atoms with Gasteiger partial charge >= 0.3 is 5.97 Å². The van der Waals surface area contributed by atoms with E-state index in [9.17, 15) is 9.18 Å². The molecule has 0 N–H and O–H groups in total. The smallest absolute Gasteiger partial charge is 0.338 e. The van der Waals surface area contributed by atoms with Gasteiger partial charge in [-0.2, -0.15) is 0 Å². The fourth-order valence-electron chi connectivity index (χ4n) is 1.63. The van der Waals surface area contributed by atoms with Gasteiger partial charge in [0.25, 0.3) is 0 Å². The third-order valence-corrected chi connectivity index (χ3v) is 2.58. The van der Waals surface area contributed by atoms with Crippen molar-refractivity contribution in [3.63, 3.8) is 0 Å². The van der Waals surface area contributed by atoms with Crippen molar-refractivity contribution in [2.45, 2.75) is 0 Å². The van der Waals surface area contributed by atoms with E-state index < -0.39 is 5.97 Å². The molecular formula is C15H12FNO2. The van der Waals surface area contributed by atoms with E-state index in [1.165, 1.54) is 19.2 Å². The molecule has 2 aromatic rings. The van der Waals surface area contributed by atoms with Gasteiger partial charge in [0.2, 0.25) is 0 Å². The number of esters is 1. The van der Waals surface area contributed by atoms with Gasteiger partial charge in [0.15, 0.2) is 0 Å². The van der Waals surface area contributed by atoms with Crippen molar-refractivity contribution in [3.05, 3.63) is 65.7 Å². The van der Waals surface area contributed by atoms with Crippen molar-refractivity contribution in [1.82, 2.24) is 4.98 Å². The first-order valence-electron chi connectivity index (χ1n) is 5.66. The molecule has 0 saturated carbocycles. The van der Waals surface area contributed by atoms with Crippen LogP contribution in [0.25, 0.3) is 11.6 Å². The van der Waals surface area contributed by atoms with Crippen LogP contribution in [0.3, 0.4) is 0 Å². The topological polar surface area (TPSA) is 39.2 Å². The van der Waals surface area contributed by atoms with Crippen molar-refractivity contribution in [1.29, 1.82) is 0 Å². The van der Waals surface area contributed by atoms with Gasteiger partial charge < -0.3 is 4.74 Å². The highest BCUT2D eigenvalue weighted by molar-refractivity contribution is 6.21. The van der Waals surface area contributed by atoms with Gasteiger partial charge in [-0.25, -0.2) is 9.18 Å². The number of benzene rings is 1. The zero-order valence-corrected chi connectivity index (χ0v) is 10.3. The van der Waals surface area contributed by atoms with E-state index in [-0.39, 0.29) is 5.82 Å². The summed E-state index contributed by atoms with van der Waals surface area (Å²) in [6.07, 6.45) is 4.84. The molecule has 0 unspecified atom stereocenters. The molecule has 1 aromatic heterocycles. The second kappa shape index (κ2) is 5.91. The highest BCUT2D eigenvalue weighted by atomic mass is 19.1. The molecule has 3 nitrogen and oxygen atoms in total. The second-order valence-electron chi connectivity index (χ2n) is 3.84. The Morgan fingerprint density at radius 3 is 2.37 bits per heavy atom. The largest absolute Gasteiger partial charge is 0.465 e. The molecule has 0 amide bonds. The van der Waals surface area contributed by atoms with Gasteiger partial charge in [0.1, 0.15) is 5.82 Å². The molecule has 19 heavy (non-hydrogen) atoms. The summed E-state index contributed by atoms with van der Waals surface area (Å²) in [5, 5.41) is 0. The molecule has 0 bridgehead atoms. The van der Waals surface area contributed by atoms with E-state index in [1.807, 2.05) is 0 Å². The number of hydrogen-bond acceptors (Lipinski definition) is 3. The highest BCUT2D eigenvalue weighted by Gasteiger charge is 2.12. The van der Waals surface area contributed by atoms with Gasteiger partial charge in [-0.05, 0) is 41.5 Å². The molecule has 4 heteroatoms. The van der Waals surface area contributed by atoms with Crippen molar-refractivity contribution in [3.8, 4) is 0 Å². The predicted octanol–water partition coefficient (Wildman–Crippen LogP) is 2.93. The summed E-state index contributed by atoms with van der Waals surface area (Å²) < 4.78 is 17.6. The number of methoxy groups -OCH3 is 1. The van der Waals surface area contributed by atoms with E-state index in [0.29, 0.717) is 11.1 Å². The summed E-state index contributed by atoms with van der Waals surface area (Å²) >= 11 is 0. The number of carbonyl (C=O) groups excluding carboxylic acids is 1.